The van der Waals surface area contributed by atoms with Gasteiger partial charge in [-0.2, -0.15) is 0 Å². The molecular weight excluding hydrogens is 239 g/mol. The summed E-state index contributed by atoms with van der Waals surface area (Å²) in [6.45, 7) is 1.69. The van der Waals surface area contributed by atoms with Crippen molar-refractivity contribution in [1.29, 1.82) is 0 Å². The third-order valence-electron chi connectivity index (χ3n) is 2.82. The van der Waals surface area contributed by atoms with Crippen molar-refractivity contribution in [3.63, 3.8) is 0 Å². The molecule has 4 heteroatoms. The van der Waals surface area contributed by atoms with Gasteiger partial charge in [-0.05, 0) is 36.2 Å². The normalized spacial score (nSPS) is 10.7. The van der Waals surface area contributed by atoms with Crippen LogP contribution < -0.4 is 5.73 Å². The van der Waals surface area contributed by atoms with Crippen molar-refractivity contribution in [1.82, 2.24) is 0 Å². The Morgan fingerprint density at radius 1 is 1.00 bits per heavy atom. The molecule has 0 saturated carbocycles. The zero-order chi connectivity index (χ0) is 13.3. The molecule has 1 nitrogen and oxygen atoms in total. The van der Waals surface area contributed by atoms with Crippen LogP contribution in [0.2, 0.25) is 0 Å². The van der Waals surface area contributed by atoms with E-state index in [1.165, 1.54) is 31.2 Å². The van der Waals surface area contributed by atoms with Crippen molar-refractivity contribution >= 4 is 0 Å². The van der Waals surface area contributed by atoms with Crippen molar-refractivity contribution in [2.75, 3.05) is 0 Å². The quantitative estimate of drug-likeness (QED) is 0.868. The summed E-state index contributed by atoms with van der Waals surface area (Å²) in [7, 11) is 0. The number of benzene rings is 2. The van der Waals surface area contributed by atoms with Gasteiger partial charge in [0.05, 0.1) is 5.56 Å². The Bertz CT molecular complexity index is 594. The highest BCUT2D eigenvalue weighted by Crippen LogP contribution is 2.30. The summed E-state index contributed by atoms with van der Waals surface area (Å²) in [4.78, 5) is 0. The smallest absolute Gasteiger partial charge is 0.136 e. The number of hydrogen-bond acceptors (Lipinski definition) is 1. The van der Waals surface area contributed by atoms with Crippen molar-refractivity contribution < 1.29 is 13.2 Å². The van der Waals surface area contributed by atoms with E-state index >= 15 is 0 Å². The van der Waals surface area contributed by atoms with Crippen molar-refractivity contribution in [3.05, 3.63) is 58.9 Å². The molecule has 2 aromatic rings. The van der Waals surface area contributed by atoms with Gasteiger partial charge >= 0.3 is 0 Å². The minimum Gasteiger partial charge on any atom is -0.326 e. The minimum absolute atomic E-state index is 0.100. The highest BCUT2D eigenvalue weighted by molar-refractivity contribution is 5.67. The van der Waals surface area contributed by atoms with Gasteiger partial charge in [0, 0.05) is 12.1 Å². The Kier molecular flexibility index (Phi) is 3.39. The second kappa shape index (κ2) is 4.82. The molecule has 0 bridgehead atoms. The highest BCUT2D eigenvalue weighted by atomic mass is 19.1. The molecule has 2 aromatic carbocycles. The Morgan fingerprint density at radius 3 is 2.33 bits per heavy atom. The summed E-state index contributed by atoms with van der Waals surface area (Å²) in [5.74, 6) is -2.20. The lowest BCUT2D eigenvalue weighted by atomic mass is 9.99. The second-order valence-corrected chi connectivity index (χ2v) is 4.07. The van der Waals surface area contributed by atoms with Crippen molar-refractivity contribution in [2.24, 2.45) is 5.73 Å². The summed E-state index contributed by atoms with van der Waals surface area (Å²) in [5.41, 5.74) is 5.88. The van der Waals surface area contributed by atoms with Crippen LogP contribution in [0.1, 0.15) is 11.1 Å². The Labute approximate surface area is 103 Å². The molecule has 0 spiro atoms. The largest absolute Gasteiger partial charge is 0.326 e. The van der Waals surface area contributed by atoms with Crippen LogP contribution in [-0.2, 0) is 6.54 Å². The van der Waals surface area contributed by atoms with Crippen LogP contribution >= 0.6 is 0 Å². The van der Waals surface area contributed by atoms with Crippen LogP contribution in [0.3, 0.4) is 0 Å². The second-order valence-electron chi connectivity index (χ2n) is 4.07. The monoisotopic (exact) mass is 251 g/mol. The lowest BCUT2D eigenvalue weighted by molar-refractivity contribution is 0.576. The van der Waals surface area contributed by atoms with Crippen LogP contribution in [0.4, 0.5) is 13.2 Å². The van der Waals surface area contributed by atoms with Crippen LogP contribution in [-0.4, -0.2) is 0 Å². The van der Waals surface area contributed by atoms with Gasteiger partial charge in [-0.1, -0.05) is 12.1 Å². The molecule has 2 rings (SSSR count). The molecule has 0 fully saturated rings. The number of nitrogens with two attached hydrogens (primary N) is 1. The molecule has 0 aliphatic rings. The maximum absolute atomic E-state index is 13.9. The number of halogens is 3. The van der Waals surface area contributed by atoms with Gasteiger partial charge in [-0.25, -0.2) is 13.2 Å². The maximum Gasteiger partial charge on any atom is 0.136 e. The average molecular weight is 251 g/mol. The molecule has 0 atom stereocenters. The zero-order valence-electron chi connectivity index (χ0n) is 9.81. The first kappa shape index (κ1) is 12.6. The molecule has 0 aliphatic heterocycles. The molecular formula is C14H12F3N. The molecule has 0 unspecified atom stereocenters. The molecule has 0 heterocycles. The number of aryl methyl sites for hydroxylation is 1. The lowest BCUT2D eigenvalue weighted by Gasteiger charge is -2.10. The van der Waals surface area contributed by atoms with Gasteiger partial charge in [0.15, 0.2) is 0 Å². The maximum atomic E-state index is 13.9. The first-order valence-corrected chi connectivity index (χ1v) is 5.48. The lowest BCUT2D eigenvalue weighted by Crippen LogP contribution is -2.00. The summed E-state index contributed by atoms with van der Waals surface area (Å²) >= 11 is 0. The third kappa shape index (κ3) is 2.11. The third-order valence-corrected chi connectivity index (χ3v) is 2.82. The summed E-state index contributed by atoms with van der Waals surface area (Å²) in [5, 5.41) is 0. The van der Waals surface area contributed by atoms with Gasteiger partial charge < -0.3 is 5.73 Å². The summed E-state index contributed by atoms with van der Waals surface area (Å²) in [6.07, 6.45) is 0. The van der Waals surface area contributed by atoms with E-state index < -0.39 is 17.5 Å². The molecule has 0 saturated heterocycles. The van der Waals surface area contributed by atoms with E-state index in [9.17, 15) is 13.2 Å². The fraction of sp³-hybridized carbons (Fsp3) is 0.143. The predicted octanol–water partition coefficient (Wildman–Crippen LogP) is 3.54. The minimum atomic E-state index is -0.786. The first-order valence-electron chi connectivity index (χ1n) is 5.48. The summed E-state index contributed by atoms with van der Waals surface area (Å²) in [6, 6.07) is 6.47. The van der Waals surface area contributed by atoms with E-state index in [1.807, 2.05) is 0 Å². The predicted molar refractivity (Wildman–Crippen MR) is 64.4 cm³/mol. The van der Waals surface area contributed by atoms with Crippen molar-refractivity contribution in [3.8, 4) is 11.1 Å². The molecule has 0 amide bonds. The Hall–Kier alpha value is -1.81. The molecule has 0 radical (unpaired) electrons. The van der Waals surface area contributed by atoms with E-state index in [0.717, 1.165) is 6.07 Å². The standard InChI is InChI=1S/C14H12F3N/c1-8-2-4-12(16)13(14(8)17)10-6-9(7-18)3-5-11(10)15/h2-6H,7,18H2,1H3. The van der Waals surface area contributed by atoms with E-state index in [2.05, 4.69) is 0 Å². The highest BCUT2D eigenvalue weighted by Gasteiger charge is 2.17. The van der Waals surface area contributed by atoms with E-state index in [0.29, 0.717) is 5.56 Å². The zero-order valence-corrected chi connectivity index (χ0v) is 9.81. The molecule has 0 aliphatic carbocycles. The van der Waals surface area contributed by atoms with E-state index in [1.54, 1.807) is 0 Å². The van der Waals surface area contributed by atoms with Crippen molar-refractivity contribution in [2.45, 2.75) is 13.5 Å². The van der Waals surface area contributed by atoms with Crippen LogP contribution in [0.15, 0.2) is 30.3 Å². The Morgan fingerprint density at radius 2 is 1.67 bits per heavy atom. The topological polar surface area (TPSA) is 26.0 Å². The number of rotatable bonds is 2. The van der Waals surface area contributed by atoms with E-state index in [4.69, 9.17) is 5.73 Å². The molecule has 0 aromatic heterocycles. The van der Waals surface area contributed by atoms with Gasteiger partial charge in [-0.3, -0.25) is 0 Å². The molecule has 18 heavy (non-hydrogen) atoms. The van der Waals surface area contributed by atoms with Gasteiger partial charge in [0.25, 0.3) is 0 Å². The SMILES string of the molecule is Cc1ccc(F)c(-c2cc(CN)ccc2F)c1F. The molecule has 2 N–H and O–H groups in total. The fourth-order valence-corrected chi connectivity index (χ4v) is 1.79. The van der Waals surface area contributed by atoms with Crippen LogP contribution in [0, 0.1) is 24.4 Å². The van der Waals surface area contributed by atoms with Gasteiger partial charge in [0.2, 0.25) is 0 Å². The van der Waals surface area contributed by atoms with Gasteiger partial charge in [-0.15, -0.1) is 0 Å². The van der Waals surface area contributed by atoms with E-state index in [-0.39, 0.29) is 23.2 Å². The van der Waals surface area contributed by atoms with Gasteiger partial charge in [0.1, 0.15) is 17.5 Å². The first-order chi connectivity index (χ1) is 8.54. The average Bonchev–Trinajstić information content (AvgIpc) is 2.36. The molecule has 94 valence electrons. The Balaban J connectivity index is 2.72. The van der Waals surface area contributed by atoms with Crippen LogP contribution in [0.25, 0.3) is 11.1 Å². The van der Waals surface area contributed by atoms with Crippen LogP contribution in [0.5, 0.6) is 0 Å². The fourth-order valence-electron chi connectivity index (χ4n) is 1.79. The summed E-state index contributed by atoms with van der Waals surface area (Å²) < 4.78 is 41.3. The number of hydrogen-bond donors (Lipinski definition) is 1.